The molecule has 0 spiro atoms. The van der Waals surface area contributed by atoms with Gasteiger partial charge in [-0.05, 0) is 49.4 Å². The third-order valence-electron chi connectivity index (χ3n) is 3.57. The smallest absolute Gasteiger partial charge is 0.119 e. The van der Waals surface area contributed by atoms with Crippen LogP contribution in [0.2, 0.25) is 0 Å². The summed E-state index contributed by atoms with van der Waals surface area (Å²) in [6.07, 6.45) is 3.45. The van der Waals surface area contributed by atoms with Crippen LogP contribution in [0.3, 0.4) is 0 Å². The lowest BCUT2D eigenvalue weighted by Crippen LogP contribution is -2.24. The molecule has 0 aliphatic heterocycles. The highest BCUT2D eigenvalue weighted by Gasteiger charge is 2.13. The molecule has 1 aromatic carbocycles. The number of benzene rings is 1. The van der Waals surface area contributed by atoms with Crippen molar-refractivity contribution in [1.82, 2.24) is 5.32 Å². The molecule has 0 heterocycles. The van der Waals surface area contributed by atoms with Gasteiger partial charge in [-0.1, -0.05) is 39.8 Å². The second kappa shape index (κ2) is 7.54. The molecule has 1 aromatic rings. The van der Waals surface area contributed by atoms with Gasteiger partial charge in [0.25, 0.3) is 0 Å². The van der Waals surface area contributed by atoms with E-state index in [2.05, 4.69) is 51.2 Å². The Morgan fingerprint density at radius 2 is 2.00 bits per heavy atom. The lowest BCUT2D eigenvalue weighted by molar-refractivity contribution is 0.295. The summed E-state index contributed by atoms with van der Waals surface area (Å²) < 4.78 is 5.85. The average molecular weight is 263 g/mol. The Labute approximate surface area is 118 Å². The van der Waals surface area contributed by atoms with Crippen molar-refractivity contribution in [3.05, 3.63) is 29.8 Å². The summed E-state index contributed by atoms with van der Waals surface area (Å²) in [5.41, 5.74) is 1.50. The first-order valence-electron chi connectivity index (χ1n) is 7.38. The molecule has 0 aromatic heterocycles. The molecule has 0 amide bonds. The van der Waals surface area contributed by atoms with Gasteiger partial charge in [-0.15, -0.1) is 0 Å². The van der Waals surface area contributed by atoms with E-state index in [4.69, 9.17) is 4.74 Å². The van der Waals surface area contributed by atoms with E-state index in [1.165, 1.54) is 18.4 Å². The van der Waals surface area contributed by atoms with E-state index in [-0.39, 0.29) is 5.41 Å². The summed E-state index contributed by atoms with van der Waals surface area (Å²) in [7, 11) is 2.03. The van der Waals surface area contributed by atoms with E-state index in [0.29, 0.717) is 6.04 Å². The Morgan fingerprint density at radius 3 is 2.58 bits per heavy atom. The van der Waals surface area contributed by atoms with Crippen LogP contribution in [0, 0.1) is 0 Å². The van der Waals surface area contributed by atoms with Crippen LogP contribution >= 0.6 is 0 Å². The van der Waals surface area contributed by atoms with Gasteiger partial charge >= 0.3 is 0 Å². The zero-order chi connectivity index (χ0) is 14.3. The van der Waals surface area contributed by atoms with Gasteiger partial charge in [0.1, 0.15) is 5.75 Å². The number of nitrogens with one attached hydrogen (secondary N) is 1. The van der Waals surface area contributed by atoms with Gasteiger partial charge in [-0.3, -0.25) is 0 Å². The maximum absolute atomic E-state index is 5.85. The van der Waals surface area contributed by atoms with Crippen molar-refractivity contribution in [1.29, 1.82) is 0 Å². The first-order valence-corrected chi connectivity index (χ1v) is 7.38. The quantitative estimate of drug-likeness (QED) is 0.746. The van der Waals surface area contributed by atoms with E-state index in [9.17, 15) is 0 Å². The normalized spacial score (nSPS) is 13.3. The molecule has 2 heteroatoms. The third kappa shape index (κ3) is 5.65. The minimum absolute atomic E-state index is 0.179. The maximum Gasteiger partial charge on any atom is 0.119 e. The fourth-order valence-corrected chi connectivity index (χ4v) is 2.12. The van der Waals surface area contributed by atoms with Gasteiger partial charge in [0.2, 0.25) is 0 Å². The van der Waals surface area contributed by atoms with Gasteiger partial charge in [-0.25, -0.2) is 0 Å². The highest BCUT2D eigenvalue weighted by Crippen LogP contribution is 2.25. The standard InChI is InChI=1S/C17H29NO/c1-6-15(18-5)10-8-12-19-16-11-7-9-14(13-16)17(2,3)4/h7,9,11,13,15,18H,6,8,10,12H2,1-5H3. The van der Waals surface area contributed by atoms with Crippen LogP contribution in [-0.2, 0) is 5.41 Å². The Morgan fingerprint density at radius 1 is 1.26 bits per heavy atom. The SMILES string of the molecule is CCC(CCCOc1cccc(C(C)(C)C)c1)NC. The predicted molar refractivity (Wildman–Crippen MR) is 83.0 cm³/mol. The molecule has 0 bridgehead atoms. The lowest BCUT2D eigenvalue weighted by atomic mass is 9.87. The molecule has 1 N–H and O–H groups in total. The summed E-state index contributed by atoms with van der Waals surface area (Å²) >= 11 is 0. The molecule has 1 atom stereocenters. The van der Waals surface area contributed by atoms with Crippen LogP contribution in [-0.4, -0.2) is 19.7 Å². The molecule has 19 heavy (non-hydrogen) atoms. The molecular weight excluding hydrogens is 234 g/mol. The third-order valence-corrected chi connectivity index (χ3v) is 3.57. The van der Waals surface area contributed by atoms with Crippen LogP contribution in [0.4, 0.5) is 0 Å². The minimum atomic E-state index is 0.179. The lowest BCUT2D eigenvalue weighted by Gasteiger charge is -2.20. The molecule has 0 saturated heterocycles. The van der Waals surface area contributed by atoms with Crippen molar-refractivity contribution >= 4 is 0 Å². The molecular formula is C17H29NO. The Balaban J connectivity index is 2.42. The fraction of sp³-hybridized carbons (Fsp3) is 0.647. The minimum Gasteiger partial charge on any atom is -0.494 e. The van der Waals surface area contributed by atoms with Crippen molar-refractivity contribution in [3.8, 4) is 5.75 Å². The monoisotopic (exact) mass is 263 g/mol. The van der Waals surface area contributed by atoms with E-state index in [0.717, 1.165) is 18.8 Å². The Bertz CT molecular complexity index is 364. The molecule has 2 nitrogen and oxygen atoms in total. The van der Waals surface area contributed by atoms with Crippen LogP contribution in [0.25, 0.3) is 0 Å². The Hall–Kier alpha value is -1.02. The van der Waals surface area contributed by atoms with Crippen LogP contribution < -0.4 is 10.1 Å². The molecule has 0 fully saturated rings. The molecule has 108 valence electrons. The zero-order valence-electron chi connectivity index (χ0n) is 13.1. The number of hydrogen-bond donors (Lipinski definition) is 1. The fourth-order valence-electron chi connectivity index (χ4n) is 2.12. The van der Waals surface area contributed by atoms with E-state index < -0.39 is 0 Å². The van der Waals surface area contributed by atoms with Crippen LogP contribution in [0.15, 0.2) is 24.3 Å². The summed E-state index contributed by atoms with van der Waals surface area (Å²) in [6.45, 7) is 9.70. The van der Waals surface area contributed by atoms with Gasteiger partial charge in [-0.2, -0.15) is 0 Å². The number of hydrogen-bond acceptors (Lipinski definition) is 2. The molecule has 1 rings (SSSR count). The van der Waals surface area contributed by atoms with E-state index in [1.807, 2.05) is 13.1 Å². The summed E-state index contributed by atoms with van der Waals surface area (Å²) in [5, 5.41) is 3.32. The second-order valence-corrected chi connectivity index (χ2v) is 6.16. The number of ether oxygens (including phenoxy) is 1. The average Bonchev–Trinajstić information content (AvgIpc) is 2.38. The topological polar surface area (TPSA) is 21.3 Å². The van der Waals surface area contributed by atoms with Gasteiger partial charge in [0.05, 0.1) is 6.61 Å². The van der Waals surface area contributed by atoms with Crippen LogP contribution in [0.5, 0.6) is 5.75 Å². The van der Waals surface area contributed by atoms with Crippen molar-refractivity contribution in [3.63, 3.8) is 0 Å². The molecule has 0 aliphatic carbocycles. The highest BCUT2D eigenvalue weighted by atomic mass is 16.5. The van der Waals surface area contributed by atoms with Crippen molar-refractivity contribution in [2.45, 2.75) is 58.4 Å². The van der Waals surface area contributed by atoms with Crippen LogP contribution in [0.1, 0.15) is 52.5 Å². The second-order valence-electron chi connectivity index (χ2n) is 6.16. The highest BCUT2D eigenvalue weighted by molar-refractivity contribution is 5.32. The zero-order valence-corrected chi connectivity index (χ0v) is 13.1. The largest absolute Gasteiger partial charge is 0.494 e. The van der Waals surface area contributed by atoms with Crippen molar-refractivity contribution in [2.24, 2.45) is 0 Å². The predicted octanol–water partition coefficient (Wildman–Crippen LogP) is 4.14. The van der Waals surface area contributed by atoms with Crippen molar-refractivity contribution < 1.29 is 4.74 Å². The molecule has 1 unspecified atom stereocenters. The van der Waals surface area contributed by atoms with Gasteiger partial charge in [0, 0.05) is 6.04 Å². The van der Waals surface area contributed by atoms with Gasteiger partial charge < -0.3 is 10.1 Å². The summed E-state index contributed by atoms with van der Waals surface area (Å²) in [5.74, 6) is 0.991. The first kappa shape index (κ1) is 16.0. The molecule has 0 saturated carbocycles. The molecule has 0 aliphatic rings. The van der Waals surface area contributed by atoms with Crippen molar-refractivity contribution in [2.75, 3.05) is 13.7 Å². The summed E-state index contributed by atoms with van der Waals surface area (Å²) in [6, 6.07) is 9.07. The maximum atomic E-state index is 5.85. The van der Waals surface area contributed by atoms with Gasteiger partial charge in [0.15, 0.2) is 0 Å². The summed E-state index contributed by atoms with van der Waals surface area (Å²) in [4.78, 5) is 0. The Kier molecular flexibility index (Phi) is 6.36. The number of rotatable bonds is 7. The first-order chi connectivity index (χ1) is 8.97. The van der Waals surface area contributed by atoms with E-state index >= 15 is 0 Å². The van der Waals surface area contributed by atoms with E-state index in [1.54, 1.807) is 0 Å². The molecule has 0 radical (unpaired) electrons.